The third-order valence-corrected chi connectivity index (χ3v) is 2.05. The molecule has 5 nitrogen and oxygen atoms in total. The zero-order chi connectivity index (χ0) is 10.7. The van der Waals surface area contributed by atoms with E-state index in [1.807, 2.05) is 12.1 Å². The van der Waals surface area contributed by atoms with E-state index in [-0.39, 0.29) is 30.3 Å². The van der Waals surface area contributed by atoms with Gasteiger partial charge in [0.1, 0.15) is 6.33 Å². The minimum Gasteiger partial charge on any atom is -0.412 e. The van der Waals surface area contributed by atoms with Crippen molar-refractivity contribution in [1.82, 2.24) is 9.97 Å². The molecule has 2 rings (SSSR count). The second kappa shape index (κ2) is 8.41. The third-order valence-electron chi connectivity index (χ3n) is 2.05. The Balaban J connectivity index is 0. The highest BCUT2D eigenvalue weighted by molar-refractivity contribution is 5.99. The van der Waals surface area contributed by atoms with Crippen molar-refractivity contribution in [1.29, 1.82) is 0 Å². The number of halogens is 2. The number of hydrogen-bond acceptors (Lipinski definition) is 3. The minimum absolute atomic E-state index is 0. The summed E-state index contributed by atoms with van der Waals surface area (Å²) in [6.07, 6.45) is 3.06. The third kappa shape index (κ3) is 3.96. The maximum atomic E-state index is 11.2. The molecular weight excluding hydrogens is 277 g/mol. The highest BCUT2D eigenvalue weighted by Crippen LogP contribution is 2.20. The fourth-order valence-electron chi connectivity index (χ4n) is 1.37. The molecule has 1 aromatic carbocycles. The molecule has 0 aliphatic rings. The van der Waals surface area contributed by atoms with Crippen LogP contribution in [0.25, 0.3) is 11.3 Å². The Morgan fingerprint density at radius 2 is 1.78 bits per heavy atom. The highest BCUT2D eigenvalue weighted by Gasteiger charge is 2.09. The molecule has 7 heteroatoms. The number of hydrogen-bond donors (Lipinski definition) is 1. The molecule has 2 aromatic rings. The highest BCUT2D eigenvalue weighted by atomic mass is 35.5. The predicted octanol–water partition coefficient (Wildman–Crippen LogP) is 1.26. The minimum atomic E-state index is -0.454. The van der Waals surface area contributed by atoms with E-state index in [1.54, 1.807) is 24.4 Å². The standard InChI is InChI=1S/C11H9N3O.2ClH.H2O/c12-11(15)9-4-2-1-3-8(9)10-5-6-13-7-14-10;;;/h1-7H,(H2,12,15);2*1H;1H2. The number of benzene rings is 1. The van der Waals surface area contributed by atoms with Crippen LogP contribution in [0.15, 0.2) is 42.9 Å². The van der Waals surface area contributed by atoms with Gasteiger partial charge in [-0.15, -0.1) is 24.8 Å². The van der Waals surface area contributed by atoms with Gasteiger partial charge < -0.3 is 11.2 Å². The Kier molecular flexibility index (Phi) is 8.72. The molecule has 0 unspecified atom stereocenters. The summed E-state index contributed by atoms with van der Waals surface area (Å²) in [5, 5.41) is 0. The Morgan fingerprint density at radius 1 is 1.11 bits per heavy atom. The fourth-order valence-corrected chi connectivity index (χ4v) is 1.37. The van der Waals surface area contributed by atoms with Gasteiger partial charge in [-0.3, -0.25) is 4.79 Å². The van der Waals surface area contributed by atoms with Crippen molar-refractivity contribution >= 4 is 30.7 Å². The molecule has 1 aromatic heterocycles. The number of rotatable bonds is 2. The second-order valence-corrected chi connectivity index (χ2v) is 3.00. The van der Waals surface area contributed by atoms with Crippen molar-refractivity contribution in [2.75, 3.05) is 0 Å². The molecule has 0 saturated heterocycles. The largest absolute Gasteiger partial charge is 0.412 e. The second-order valence-electron chi connectivity index (χ2n) is 3.00. The van der Waals surface area contributed by atoms with E-state index in [2.05, 4.69) is 9.97 Å². The van der Waals surface area contributed by atoms with Crippen LogP contribution in [-0.4, -0.2) is 21.4 Å². The lowest BCUT2D eigenvalue weighted by molar-refractivity contribution is 0.100. The zero-order valence-electron chi connectivity index (χ0n) is 9.24. The van der Waals surface area contributed by atoms with Gasteiger partial charge in [-0.1, -0.05) is 18.2 Å². The van der Waals surface area contributed by atoms with Gasteiger partial charge in [-0.25, -0.2) is 9.97 Å². The van der Waals surface area contributed by atoms with Crippen molar-refractivity contribution in [3.8, 4) is 11.3 Å². The van der Waals surface area contributed by atoms with E-state index >= 15 is 0 Å². The molecular formula is C11H13Cl2N3O2. The average molecular weight is 290 g/mol. The van der Waals surface area contributed by atoms with Crippen LogP contribution < -0.4 is 5.73 Å². The number of carbonyl (C=O) groups is 1. The summed E-state index contributed by atoms with van der Waals surface area (Å²) < 4.78 is 0. The molecule has 1 heterocycles. The van der Waals surface area contributed by atoms with Crippen molar-refractivity contribution in [3.63, 3.8) is 0 Å². The number of primary amides is 1. The fraction of sp³-hybridized carbons (Fsp3) is 0. The van der Waals surface area contributed by atoms with Crippen LogP contribution in [0, 0.1) is 0 Å². The molecule has 0 atom stereocenters. The molecule has 98 valence electrons. The summed E-state index contributed by atoms with van der Waals surface area (Å²) in [5.41, 5.74) is 7.16. The van der Waals surface area contributed by atoms with E-state index in [1.165, 1.54) is 6.33 Å². The maximum absolute atomic E-state index is 11.2. The Morgan fingerprint density at radius 3 is 2.33 bits per heavy atom. The lowest BCUT2D eigenvalue weighted by atomic mass is 10.0. The van der Waals surface area contributed by atoms with E-state index in [0.717, 1.165) is 5.56 Å². The summed E-state index contributed by atoms with van der Waals surface area (Å²) >= 11 is 0. The quantitative estimate of drug-likeness (QED) is 0.900. The van der Waals surface area contributed by atoms with E-state index < -0.39 is 5.91 Å². The summed E-state index contributed by atoms with van der Waals surface area (Å²) in [6, 6.07) is 8.83. The van der Waals surface area contributed by atoms with Crippen LogP contribution in [0.3, 0.4) is 0 Å². The Hall–Kier alpha value is -1.69. The van der Waals surface area contributed by atoms with Gasteiger partial charge in [0.25, 0.3) is 0 Å². The number of carbonyl (C=O) groups excluding carboxylic acids is 1. The lowest BCUT2D eigenvalue weighted by Crippen LogP contribution is -2.12. The van der Waals surface area contributed by atoms with Gasteiger partial charge in [-0.2, -0.15) is 0 Å². The van der Waals surface area contributed by atoms with Gasteiger partial charge in [0.15, 0.2) is 0 Å². The first-order valence-corrected chi connectivity index (χ1v) is 4.44. The van der Waals surface area contributed by atoms with Gasteiger partial charge in [0.2, 0.25) is 5.91 Å². The number of nitrogens with two attached hydrogens (primary N) is 1. The number of aromatic nitrogens is 2. The summed E-state index contributed by atoms with van der Waals surface area (Å²) in [5.74, 6) is -0.454. The molecule has 0 radical (unpaired) electrons. The predicted molar refractivity (Wildman–Crippen MR) is 74.1 cm³/mol. The van der Waals surface area contributed by atoms with Gasteiger partial charge in [-0.05, 0) is 12.1 Å². The number of amides is 1. The normalized spacial score (nSPS) is 8.22. The summed E-state index contributed by atoms with van der Waals surface area (Å²) in [6.45, 7) is 0. The van der Waals surface area contributed by atoms with Crippen LogP contribution in [-0.2, 0) is 0 Å². The van der Waals surface area contributed by atoms with Gasteiger partial charge >= 0.3 is 0 Å². The Labute approximate surface area is 117 Å². The molecule has 4 N–H and O–H groups in total. The molecule has 0 spiro atoms. The Bertz CT molecular complexity index is 495. The van der Waals surface area contributed by atoms with Gasteiger partial charge in [0, 0.05) is 17.3 Å². The monoisotopic (exact) mass is 289 g/mol. The summed E-state index contributed by atoms with van der Waals surface area (Å²) in [4.78, 5) is 19.1. The lowest BCUT2D eigenvalue weighted by Gasteiger charge is -2.04. The molecule has 0 bridgehead atoms. The maximum Gasteiger partial charge on any atom is 0.249 e. The van der Waals surface area contributed by atoms with Crippen LogP contribution in [0.5, 0.6) is 0 Å². The van der Waals surface area contributed by atoms with Crippen molar-refractivity contribution in [2.24, 2.45) is 5.73 Å². The van der Waals surface area contributed by atoms with E-state index in [0.29, 0.717) is 11.3 Å². The van der Waals surface area contributed by atoms with Crippen molar-refractivity contribution in [3.05, 3.63) is 48.4 Å². The SMILES string of the molecule is Cl.Cl.NC(=O)c1ccccc1-c1ccncn1.O. The first-order valence-electron chi connectivity index (χ1n) is 4.44. The van der Waals surface area contributed by atoms with Crippen molar-refractivity contribution < 1.29 is 10.3 Å². The average Bonchev–Trinajstić information content (AvgIpc) is 2.30. The topological polar surface area (TPSA) is 100 Å². The van der Waals surface area contributed by atoms with Crippen LogP contribution >= 0.6 is 24.8 Å². The van der Waals surface area contributed by atoms with Gasteiger partial charge in [0.05, 0.1) is 5.69 Å². The molecule has 0 saturated carbocycles. The molecule has 0 fully saturated rings. The van der Waals surface area contributed by atoms with Crippen molar-refractivity contribution in [2.45, 2.75) is 0 Å². The first-order chi connectivity index (χ1) is 7.29. The van der Waals surface area contributed by atoms with Crippen LogP contribution in [0.2, 0.25) is 0 Å². The molecule has 0 aliphatic heterocycles. The van der Waals surface area contributed by atoms with E-state index in [9.17, 15) is 4.79 Å². The first kappa shape index (κ1) is 18.7. The van der Waals surface area contributed by atoms with Crippen LogP contribution in [0.4, 0.5) is 0 Å². The number of nitrogens with zero attached hydrogens (tertiary/aromatic N) is 2. The summed E-state index contributed by atoms with van der Waals surface area (Å²) in [7, 11) is 0. The molecule has 18 heavy (non-hydrogen) atoms. The van der Waals surface area contributed by atoms with Crippen LogP contribution in [0.1, 0.15) is 10.4 Å². The zero-order valence-corrected chi connectivity index (χ0v) is 10.9. The molecule has 0 aliphatic carbocycles. The van der Waals surface area contributed by atoms with E-state index in [4.69, 9.17) is 5.73 Å². The molecule has 1 amide bonds. The smallest absolute Gasteiger partial charge is 0.249 e.